The minimum absolute atomic E-state index is 0.0631. The fourth-order valence-electron chi connectivity index (χ4n) is 2.12. The third kappa shape index (κ3) is 4.01. The molecule has 0 spiro atoms. The largest absolute Gasteiger partial charge is 0.624 e. The summed E-state index contributed by atoms with van der Waals surface area (Å²) in [5.74, 6) is 1.14. The van der Waals surface area contributed by atoms with Gasteiger partial charge in [-0.25, -0.2) is 9.53 Å². The standard InChI is InChI=1S/C14H19N3O4/c1-16(19)10-11-3-4-12(13(9-11)20-2)21-8-7-17-6-5-15-14(17)18/h3-4,9H,1,5-8,10H2,2H3,(H,15,18). The molecule has 0 aliphatic carbocycles. The van der Waals surface area contributed by atoms with Crippen molar-refractivity contribution in [3.8, 4) is 11.5 Å². The number of benzene rings is 1. The van der Waals surface area contributed by atoms with Gasteiger partial charge in [-0.05, 0) is 18.2 Å². The first-order valence-electron chi connectivity index (χ1n) is 6.68. The summed E-state index contributed by atoms with van der Waals surface area (Å²) in [5, 5.41) is 13.7. The van der Waals surface area contributed by atoms with E-state index >= 15 is 0 Å². The SMILES string of the molecule is C=[N+]([O-])Cc1ccc(OCCN2CCNC2=O)c(OC)c1. The maximum Gasteiger partial charge on any atom is 0.317 e. The van der Waals surface area contributed by atoms with E-state index < -0.39 is 0 Å². The van der Waals surface area contributed by atoms with Gasteiger partial charge in [0.1, 0.15) is 13.3 Å². The highest BCUT2D eigenvalue weighted by atomic mass is 16.5. The summed E-state index contributed by atoms with van der Waals surface area (Å²) in [5.41, 5.74) is 0.795. The Morgan fingerprint density at radius 2 is 2.29 bits per heavy atom. The molecular weight excluding hydrogens is 274 g/mol. The fourth-order valence-corrected chi connectivity index (χ4v) is 2.12. The number of ether oxygens (including phenoxy) is 2. The lowest BCUT2D eigenvalue weighted by molar-refractivity contribution is -0.465. The predicted octanol–water partition coefficient (Wildman–Crippen LogP) is 0.810. The average molecular weight is 293 g/mol. The molecule has 0 unspecified atom stereocenters. The van der Waals surface area contributed by atoms with Crippen LogP contribution in [0, 0.1) is 5.21 Å². The Morgan fingerprint density at radius 3 is 2.90 bits per heavy atom. The Kier molecular flexibility index (Phi) is 4.86. The van der Waals surface area contributed by atoms with E-state index in [1.165, 1.54) is 0 Å². The van der Waals surface area contributed by atoms with Gasteiger partial charge in [-0.1, -0.05) is 0 Å². The number of nitrogens with zero attached hydrogens (tertiary/aromatic N) is 2. The smallest absolute Gasteiger partial charge is 0.317 e. The van der Waals surface area contributed by atoms with Gasteiger partial charge in [0.2, 0.25) is 0 Å². The Hall–Kier alpha value is -2.44. The Bertz CT molecular complexity index is 533. The van der Waals surface area contributed by atoms with Gasteiger partial charge >= 0.3 is 6.03 Å². The van der Waals surface area contributed by atoms with E-state index in [0.717, 1.165) is 5.56 Å². The first kappa shape index (κ1) is 15.0. The van der Waals surface area contributed by atoms with E-state index in [-0.39, 0.29) is 12.6 Å². The lowest BCUT2D eigenvalue weighted by atomic mass is 10.2. The van der Waals surface area contributed by atoms with Gasteiger partial charge in [-0.15, -0.1) is 0 Å². The van der Waals surface area contributed by atoms with Crippen molar-refractivity contribution >= 4 is 12.7 Å². The highest BCUT2D eigenvalue weighted by Gasteiger charge is 2.19. The summed E-state index contributed by atoms with van der Waals surface area (Å²) in [6.07, 6.45) is 0. The van der Waals surface area contributed by atoms with Gasteiger partial charge in [0.15, 0.2) is 18.0 Å². The third-order valence-electron chi connectivity index (χ3n) is 3.15. The first-order chi connectivity index (χ1) is 10.1. The van der Waals surface area contributed by atoms with Gasteiger partial charge in [-0.2, -0.15) is 0 Å². The van der Waals surface area contributed by atoms with E-state index in [1.54, 1.807) is 30.2 Å². The van der Waals surface area contributed by atoms with Crippen molar-refractivity contribution in [2.75, 3.05) is 33.4 Å². The molecule has 0 radical (unpaired) electrons. The summed E-state index contributed by atoms with van der Waals surface area (Å²) in [6, 6.07) is 5.22. The fraction of sp³-hybridized carbons (Fsp3) is 0.429. The molecule has 1 saturated heterocycles. The molecule has 1 aliphatic heterocycles. The molecule has 0 bridgehead atoms. The maximum absolute atomic E-state index is 11.4. The van der Waals surface area contributed by atoms with Crippen LogP contribution in [0.15, 0.2) is 18.2 Å². The van der Waals surface area contributed by atoms with Gasteiger partial charge in [0, 0.05) is 18.7 Å². The van der Waals surface area contributed by atoms with E-state index in [2.05, 4.69) is 12.0 Å². The number of hydrogen-bond acceptors (Lipinski definition) is 4. The number of carbonyl (C=O) groups is 1. The van der Waals surface area contributed by atoms with Gasteiger partial charge in [-0.3, -0.25) is 0 Å². The normalized spacial score (nSPS) is 14.0. The quantitative estimate of drug-likeness (QED) is 0.349. The van der Waals surface area contributed by atoms with Crippen LogP contribution in [0.2, 0.25) is 0 Å². The zero-order chi connectivity index (χ0) is 15.2. The van der Waals surface area contributed by atoms with Gasteiger partial charge < -0.3 is 24.9 Å². The van der Waals surface area contributed by atoms with Crippen LogP contribution in [0.25, 0.3) is 0 Å². The zero-order valence-corrected chi connectivity index (χ0v) is 12.0. The van der Waals surface area contributed by atoms with Crippen molar-refractivity contribution in [1.29, 1.82) is 0 Å². The topological polar surface area (TPSA) is 76.9 Å². The number of methoxy groups -OCH3 is 1. The minimum atomic E-state index is -0.0631. The lowest BCUT2D eigenvalue weighted by Crippen LogP contribution is -2.31. The Morgan fingerprint density at radius 1 is 1.48 bits per heavy atom. The van der Waals surface area contributed by atoms with E-state index in [0.29, 0.717) is 42.5 Å². The summed E-state index contributed by atoms with van der Waals surface area (Å²) >= 11 is 0. The van der Waals surface area contributed by atoms with Crippen LogP contribution in [0.3, 0.4) is 0 Å². The van der Waals surface area contributed by atoms with E-state index in [9.17, 15) is 10.0 Å². The molecular formula is C14H19N3O4. The summed E-state index contributed by atoms with van der Waals surface area (Å²) < 4.78 is 11.5. The highest BCUT2D eigenvalue weighted by Crippen LogP contribution is 2.28. The molecule has 21 heavy (non-hydrogen) atoms. The summed E-state index contributed by atoms with van der Waals surface area (Å²) in [7, 11) is 1.54. The third-order valence-corrected chi connectivity index (χ3v) is 3.15. The molecule has 2 amide bonds. The lowest BCUT2D eigenvalue weighted by Gasteiger charge is -2.16. The number of carbonyl (C=O) groups excluding carboxylic acids is 1. The van der Waals surface area contributed by atoms with Gasteiger partial charge in [0.25, 0.3) is 0 Å². The number of hydroxylamine groups is 1. The Balaban J connectivity index is 1.92. The molecule has 0 saturated carbocycles. The number of amides is 2. The molecule has 0 aromatic heterocycles. The molecule has 1 aromatic rings. The van der Waals surface area contributed by atoms with Crippen molar-refractivity contribution < 1.29 is 19.0 Å². The summed E-state index contributed by atoms with van der Waals surface area (Å²) in [4.78, 5) is 13.1. The second-order valence-electron chi connectivity index (χ2n) is 4.69. The molecule has 0 atom stereocenters. The molecule has 2 rings (SSSR count). The first-order valence-corrected chi connectivity index (χ1v) is 6.68. The summed E-state index contributed by atoms with van der Waals surface area (Å²) in [6.45, 7) is 5.73. The molecule has 1 N–H and O–H groups in total. The van der Waals surface area contributed by atoms with Crippen molar-refractivity contribution in [2.24, 2.45) is 0 Å². The van der Waals surface area contributed by atoms with Crippen LogP contribution in [0.1, 0.15) is 5.56 Å². The van der Waals surface area contributed by atoms with E-state index in [1.807, 2.05) is 0 Å². The van der Waals surface area contributed by atoms with Crippen LogP contribution in [0.4, 0.5) is 4.79 Å². The van der Waals surface area contributed by atoms with Crippen LogP contribution in [0.5, 0.6) is 11.5 Å². The number of rotatable bonds is 7. The maximum atomic E-state index is 11.4. The molecule has 1 heterocycles. The molecule has 114 valence electrons. The molecule has 7 nitrogen and oxygen atoms in total. The van der Waals surface area contributed by atoms with Crippen molar-refractivity contribution in [1.82, 2.24) is 10.2 Å². The zero-order valence-electron chi connectivity index (χ0n) is 12.0. The van der Waals surface area contributed by atoms with E-state index in [4.69, 9.17) is 9.47 Å². The number of urea groups is 1. The molecule has 1 aromatic carbocycles. The molecule has 7 heteroatoms. The van der Waals surface area contributed by atoms with Crippen molar-refractivity contribution in [3.05, 3.63) is 29.0 Å². The molecule has 1 fully saturated rings. The predicted molar refractivity (Wildman–Crippen MR) is 77.9 cm³/mol. The van der Waals surface area contributed by atoms with Crippen molar-refractivity contribution in [2.45, 2.75) is 6.54 Å². The minimum Gasteiger partial charge on any atom is -0.624 e. The highest BCUT2D eigenvalue weighted by molar-refractivity contribution is 5.76. The van der Waals surface area contributed by atoms with Crippen LogP contribution in [-0.4, -0.2) is 55.7 Å². The van der Waals surface area contributed by atoms with Crippen LogP contribution < -0.4 is 14.8 Å². The average Bonchev–Trinajstić information content (AvgIpc) is 2.85. The van der Waals surface area contributed by atoms with Crippen LogP contribution >= 0.6 is 0 Å². The second kappa shape index (κ2) is 6.83. The van der Waals surface area contributed by atoms with Crippen LogP contribution in [-0.2, 0) is 6.54 Å². The van der Waals surface area contributed by atoms with Gasteiger partial charge in [0.05, 0.1) is 13.7 Å². The number of nitrogens with one attached hydrogen (secondary N) is 1. The second-order valence-corrected chi connectivity index (χ2v) is 4.69. The number of hydrogen-bond donors (Lipinski definition) is 1. The monoisotopic (exact) mass is 293 g/mol. The Labute approximate surface area is 123 Å². The molecule has 1 aliphatic rings. The van der Waals surface area contributed by atoms with Crippen molar-refractivity contribution in [3.63, 3.8) is 0 Å².